The summed E-state index contributed by atoms with van der Waals surface area (Å²) < 4.78 is 12.3. The zero-order valence-electron chi connectivity index (χ0n) is 23.8. The normalized spacial score (nSPS) is 20.0. The fourth-order valence-electron chi connectivity index (χ4n) is 6.47. The van der Waals surface area contributed by atoms with Gasteiger partial charge < -0.3 is 34.6 Å². The molecule has 3 aromatic rings. The van der Waals surface area contributed by atoms with Crippen LogP contribution in [-0.2, 0) is 12.0 Å². The Morgan fingerprint density at radius 3 is 2.35 bits per heavy atom. The van der Waals surface area contributed by atoms with E-state index >= 15 is 0 Å². The summed E-state index contributed by atoms with van der Waals surface area (Å²) in [5.74, 6) is 0.848. The van der Waals surface area contributed by atoms with E-state index in [-0.39, 0.29) is 29.6 Å². The number of nitrogens with zero attached hydrogens (tertiary/aromatic N) is 2. The molecule has 0 unspecified atom stereocenters. The van der Waals surface area contributed by atoms with Crippen LogP contribution in [0.1, 0.15) is 47.2 Å². The van der Waals surface area contributed by atoms with E-state index < -0.39 is 11.7 Å². The maximum absolute atomic E-state index is 13.5. The summed E-state index contributed by atoms with van der Waals surface area (Å²) in [4.78, 5) is 17.4. The second kappa shape index (κ2) is 12.2. The minimum Gasteiger partial charge on any atom is -0.508 e. The second-order valence-electron chi connectivity index (χ2n) is 12.0. The topological polar surface area (TPSA) is 103 Å². The molecule has 3 N–H and O–H groups in total. The average Bonchev–Trinajstić information content (AvgIpc) is 3.34. The summed E-state index contributed by atoms with van der Waals surface area (Å²) in [7, 11) is 0. The Bertz CT molecular complexity index is 1470. The number of aromatic hydroxyl groups is 1. The van der Waals surface area contributed by atoms with Gasteiger partial charge in [-0.3, -0.25) is 4.79 Å². The number of rotatable bonds is 7. The van der Waals surface area contributed by atoms with Gasteiger partial charge in [-0.15, -0.1) is 0 Å². The highest BCUT2D eigenvalue weighted by atomic mass is 35.5. The highest BCUT2D eigenvalue weighted by Crippen LogP contribution is 2.42. The number of piperidine rings is 2. The molecule has 1 amide bonds. The Hall–Kier alpha value is -3.01. The van der Waals surface area contributed by atoms with Crippen molar-refractivity contribution in [1.29, 1.82) is 0 Å². The molecule has 0 aliphatic carbocycles. The SMILES string of the molecule is O=C(c1ccc(O)cc1OC[C@H](O)CN1CCC2(CC1)Cc1cc(Cl)ccc1O2)N1CCC(O)(c2ccc(Cl)cc2)CC1. The van der Waals surface area contributed by atoms with Gasteiger partial charge in [0, 0.05) is 68.1 Å². The molecule has 1 atom stereocenters. The zero-order valence-corrected chi connectivity index (χ0v) is 25.4. The zero-order chi connectivity index (χ0) is 30.2. The van der Waals surface area contributed by atoms with Crippen LogP contribution in [0.5, 0.6) is 17.2 Å². The van der Waals surface area contributed by atoms with Crippen LogP contribution in [0.3, 0.4) is 0 Å². The predicted molar refractivity (Wildman–Crippen MR) is 164 cm³/mol. The van der Waals surface area contributed by atoms with Gasteiger partial charge in [0.05, 0.1) is 11.2 Å². The van der Waals surface area contributed by atoms with E-state index in [9.17, 15) is 20.1 Å². The molecule has 1 spiro atoms. The molecule has 8 nitrogen and oxygen atoms in total. The first kappa shape index (κ1) is 30.0. The lowest BCUT2D eigenvalue weighted by Gasteiger charge is -2.39. The van der Waals surface area contributed by atoms with Crippen molar-refractivity contribution in [2.45, 2.75) is 49.4 Å². The number of hydrogen-bond donors (Lipinski definition) is 3. The maximum Gasteiger partial charge on any atom is 0.257 e. The molecular formula is C33H36Cl2N2O6. The number of aliphatic hydroxyl groups excluding tert-OH is 1. The summed E-state index contributed by atoms with van der Waals surface area (Å²) in [6.07, 6.45) is 2.52. The molecule has 0 aromatic heterocycles. The van der Waals surface area contributed by atoms with E-state index in [4.69, 9.17) is 32.7 Å². The summed E-state index contributed by atoms with van der Waals surface area (Å²) in [5, 5.41) is 33.5. The molecule has 10 heteroatoms. The van der Waals surface area contributed by atoms with Gasteiger partial charge in [-0.05, 0) is 66.4 Å². The van der Waals surface area contributed by atoms with Crippen molar-refractivity contribution in [3.05, 3.63) is 87.4 Å². The highest BCUT2D eigenvalue weighted by molar-refractivity contribution is 6.30. The Balaban J connectivity index is 1.01. The Kier molecular flexibility index (Phi) is 8.50. The van der Waals surface area contributed by atoms with Crippen LogP contribution >= 0.6 is 23.2 Å². The molecule has 2 fully saturated rings. The predicted octanol–water partition coefficient (Wildman–Crippen LogP) is 5.03. The Morgan fingerprint density at radius 2 is 1.63 bits per heavy atom. The first-order chi connectivity index (χ1) is 20.6. The summed E-state index contributed by atoms with van der Waals surface area (Å²) in [6.45, 7) is 2.69. The highest BCUT2D eigenvalue weighted by Gasteiger charge is 2.42. The number of halogens is 2. The number of fused-ring (bicyclic) bond motifs is 1. The molecule has 3 aliphatic heterocycles. The number of β-amino-alcohol motifs (C(OH)–C–C–N with tert-alkyl or cyclic N) is 1. The van der Waals surface area contributed by atoms with Crippen LogP contribution in [0.25, 0.3) is 0 Å². The second-order valence-corrected chi connectivity index (χ2v) is 12.9. The third kappa shape index (κ3) is 6.59. The Labute approximate surface area is 261 Å². The lowest BCUT2D eigenvalue weighted by molar-refractivity contribution is -0.0212. The summed E-state index contributed by atoms with van der Waals surface area (Å²) in [6, 6.07) is 17.3. The van der Waals surface area contributed by atoms with Gasteiger partial charge in [0.25, 0.3) is 5.91 Å². The maximum atomic E-state index is 13.5. The quantitative estimate of drug-likeness (QED) is 0.338. The largest absolute Gasteiger partial charge is 0.508 e. The molecular weight excluding hydrogens is 591 g/mol. The fraction of sp³-hybridized carbons (Fsp3) is 0.424. The van der Waals surface area contributed by atoms with Gasteiger partial charge in [0.15, 0.2) is 0 Å². The molecule has 228 valence electrons. The van der Waals surface area contributed by atoms with E-state index in [1.54, 1.807) is 17.0 Å². The molecule has 3 aromatic carbocycles. The first-order valence-corrected chi connectivity index (χ1v) is 15.5. The van der Waals surface area contributed by atoms with E-state index in [0.29, 0.717) is 48.1 Å². The smallest absolute Gasteiger partial charge is 0.257 e. The van der Waals surface area contributed by atoms with Crippen LogP contribution < -0.4 is 9.47 Å². The van der Waals surface area contributed by atoms with Crippen molar-refractivity contribution in [3.63, 3.8) is 0 Å². The molecule has 0 radical (unpaired) electrons. The van der Waals surface area contributed by atoms with Crippen LogP contribution in [0, 0.1) is 0 Å². The number of phenols is 1. The van der Waals surface area contributed by atoms with Gasteiger partial charge in [0.1, 0.15) is 35.6 Å². The van der Waals surface area contributed by atoms with Crippen LogP contribution in [0.4, 0.5) is 0 Å². The average molecular weight is 628 g/mol. The number of carbonyl (C=O) groups is 1. The van der Waals surface area contributed by atoms with Crippen molar-refractivity contribution in [2.75, 3.05) is 39.3 Å². The Morgan fingerprint density at radius 1 is 0.930 bits per heavy atom. The number of likely N-dealkylation sites (tertiary alicyclic amines) is 2. The standard InChI is InChI=1S/C33H36Cl2N2O6/c34-24-3-1-23(2-4-24)33(41)11-15-37(16-12-33)31(40)28-7-6-26(38)18-30(28)42-21-27(39)20-36-13-9-32(10-14-36)19-22-17-25(35)5-8-29(22)43-32/h1-8,17-18,27,38-39,41H,9-16,19-21H2/t27-/m1/s1. The molecule has 2 saturated heterocycles. The lowest BCUT2D eigenvalue weighted by atomic mass is 9.84. The number of ether oxygens (including phenoxy) is 2. The van der Waals surface area contributed by atoms with Gasteiger partial charge >= 0.3 is 0 Å². The number of carbonyl (C=O) groups excluding carboxylic acids is 1. The number of amides is 1. The van der Waals surface area contributed by atoms with Crippen LogP contribution in [0.15, 0.2) is 60.7 Å². The molecule has 3 heterocycles. The van der Waals surface area contributed by atoms with E-state index in [0.717, 1.165) is 49.2 Å². The molecule has 3 aliphatic rings. The van der Waals surface area contributed by atoms with Gasteiger partial charge in [-0.25, -0.2) is 0 Å². The lowest BCUT2D eigenvalue weighted by Crippen LogP contribution is -2.49. The molecule has 6 rings (SSSR count). The van der Waals surface area contributed by atoms with Crippen molar-refractivity contribution < 1.29 is 29.6 Å². The van der Waals surface area contributed by atoms with Gasteiger partial charge in [-0.1, -0.05) is 35.3 Å². The third-order valence-corrected chi connectivity index (χ3v) is 9.47. The van der Waals surface area contributed by atoms with Crippen molar-refractivity contribution >= 4 is 29.1 Å². The van der Waals surface area contributed by atoms with Crippen LogP contribution in [-0.4, -0.2) is 82.1 Å². The van der Waals surface area contributed by atoms with Crippen LogP contribution in [0.2, 0.25) is 10.0 Å². The fourth-order valence-corrected chi connectivity index (χ4v) is 6.79. The van der Waals surface area contributed by atoms with Crippen molar-refractivity contribution in [2.24, 2.45) is 0 Å². The molecule has 0 bridgehead atoms. The summed E-state index contributed by atoms with van der Waals surface area (Å²) in [5.41, 5.74) is 0.977. The van der Waals surface area contributed by atoms with Gasteiger partial charge in [0.2, 0.25) is 0 Å². The first-order valence-electron chi connectivity index (χ1n) is 14.7. The minimum atomic E-state index is -1.03. The third-order valence-electron chi connectivity index (χ3n) is 8.98. The number of hydrogen-bond acceptors (Lipinski definition) is 7. The minimum absolute atomic E-state index is 0.0257. The summed E-state index contributed by atoms with van der Waals surface area (Å²) >= 11 is 12.2. The van der Waals surface area contributed by atoms with Crippen molar-refractivity contribution in [1.82, 2.24) is 9.80 Å². The monoisotopic (exact) mass is 626 g/mol. The van der Waals surface area contributed by atoms with Crippen molar-refractivity contribution in [3.8, 4) is 17.2 Å². The van der Waals surface area contributed by atoms with Gasteiger partial charge in [-0.2, -0.15) is 0 Å². The molecule has 0 saturated carbocycles. The number of aliphatic hydroxyl groups is 2. The number of benzene rings is 3. The number of phenolic OH excluding ortho intramolecular Hbond substituents is 1. The van der Waals surface area contributed by atoms with E-state index in [2.05, 4.69) is 4.90 Å². The molecule has 43 heavy (non-hydrogen) atoms. The van der Waals surface area contributed by atoms with E-state index in [1.807, 2.05) is 30.3 Å². The van der Waals surface area contributed by atoms with E-state index in [1.165, 1.54) is 18.2 Å².